The molecule has 0 radical (unpaired) electrons. The van der Waals surface area contributed by atoms with Crippen LogP contribution >= 0.6 is 0 Å². The van der Waals surface area contributed by atoms with Crippen LogP contribution in [0.5, 0.6) is 0 Å². The van der Waals surface area contributed by atoms with Gasteiger partial charge in [0.2, 0.25) is 6.29 Å². The highest BCUT2D eigenvalue weighted by Gasteiger charge is 2.18. The normalized spacial score (nSPS) is 19.7. The van der Waals surface area contributed by atoms with Gasteiger partial charge in [0.1, 0.15) is 0 Å². The fourth-order valence-electron chi connectivity index (χ4n) is 1.67. The summed E-state index contributed by atoms with van der Waals surface area (Å²) in [5, 5.41) is 0. The van der Waals surface area contributed by atoms with E-state index in [9.17, 15) is 4.79 Å². The van der Waals surface area contributed by atoms with Crippen LogP contribution in [0.15, 0.2) is 36.6 Å². The van der Waals surface area contributed by atoms with Gasteiger partial charge in [-0.1, -0.05) is 30.3 Å². The molecule has 4 heteroatoms. The molecule has 1 unspecified atom stereocenters. The summed E-state index contributed by atoms with van der Waals surface area (Å²) in [5.41, 5.74) is 0.958. The molecule has 2 rings (SSSR count). The van der Waals surface area contributed by atoms with Gasteiger partial charge in [-0.25, -0.2) is 4.79 Å². The van der Waals surface area contributed by atoms with E-state index in [0.29, 0.717) is 6.61 Å². The average molecular weight is 248 g/mol. The van der Waals surface area contributed by atoms with Gasteiger partial charge >= 0.3 is 6.16 Å². The van der Waals surface area contributed by atoms with Crippen molar-refractivity contribution in [2.75, 3.05) is 6.61 Å². The monoisotopic (exact) mass is 248 g/mol. The molecule has 96 valence electrons. The minimum atomic E-state index is -0.728. The van der Waals surface area contributed by atoms with Crippen molar-refractivity contribution in [3.05, 3.63) is 42.2 Å². The molecule has 1 fully saturated rings. The lowest BCUT2D eigenvalue weighted by molar-refractivity contribution is -0.137. The van der Waals surface area contributed by atoms with E-state index < -0.39 is 12.4 Å². The molecule has 0 saturated carbocycles. The Morgan fingerprint density at radius 2 is 2.11 bits per heavy atom. The minimum Gasteiger partial charge on any atom is -0.404 e. The lowest BCUT2D eigenvalue weighted by Gasteiger charge is -2.21. The van der Waals surface area contributed by atoms with Gasteiger partial charge in [0.25, 0.3) is 0 Å². The SMILES string of the molecule is O=C(OC=Cc1ccccc1)OC1CCCCO1. The lowest BCUT2D eigenvalue weighted by Crippen LogP contribution is -2.25. The van der Waals surface area contributed by atoms with Crippen molar-refractivity contribution in [3.8, 4) is 0 Å². The minimum absolute atomic E-state index is 0.462. The average Bonchev–Trinajstić information content (AvgIpc) is 2.41. The molecular formula is C14H16O4. The van der Waals surface area contributed by atoms with Crippen LogP contribution in [-0.4, -0.2) is 19.1 Å². The molecule has 1 aromatic carbocycles. The first-order valence-electron chi connectivity index (χ1n) is 6.05. The zero-order valence-corrected chi connectivity index (χ0v) is 10.1. The quantitative estimate of drug-likeness (QED) is 0.608. The number of carbonyl (C=O) groups excluding carboxylic acids is 1. The summed E-state index contributed by atoms with van der Waals surface area (Å²) in [7, 11) is 0. The van der Waals surface area contributed by atoms with E-state index in [1.807, 2.05) is 30.3 Å². The molecule has 1 aliphatic heterocycles. The fraction of sp³-hybridized carbons (Fsp3) is 0.357. The Hall–Kier alpha value is -1.81. The smallest absolute Gasteiger partial charge is 0.404 e. The number of hydrogen-bond donors (Lipinski definition) is 0. The Morgan fingerprint density at radius 1 is 1.28 bits per heavy atom. The van der Waals surface area contributed by atoms with Gasteiger partial charge in [-0.05, 0) is 24.5 Å². The molecule has 1 heterocycles. The van der Waals surface area contributed by atoms with Crippen LogP contribution in [0.4, 0.5) is 4.79 Å². The number of rotatable bonds is 3. The second-order valence-electron chi connectivity index (χ2n) is 4.00. The standard InChI is InChI=1S/C14H16O4/c15-14(18-13-8-4-5-10-16-13)17-11-9-12-6-2-1-3-7-12/h1-3,6-7,9,11,13H,4-5,8,10H2. The number of hydrogen-bond acceptors (Lipinski definition) is 4. The zero-order chi connectivity index (χ0) is 12.6. The molecule has 0 spiro atoms. The maximum absolute atomic E-state index is 11.3. The van der Waals surface area contributed by atoms with Gasteiger partial charge in [-0.3, -0.25) is 0 Å². The highest BCUT2D eigenvalue weighted by atomic mass is 16.8. The summed E-state index contributed by atoms with van der Waals surface area (Å²) in [6.07, 6.45) is 4.59. The number of ether oxygens (including phenoxy) is 3. The summed E-state index contributed by atoms with van der Waals surface area (Å²) in [4.78, 5) is 11.3. The molecule has 4 nitrogen and oxygen atoms in total. The number of benzene rings is 1. The molecule has 0 aliphatic carbocycles. The molecule has 0 amide bonds. The second-order valence-corrected chi connectivity index (χ2v) is 4.00. The molecule has 0 aromatic heterocycles. The molecule has 1 atom stereocenters. The second kappa shape index (κ2) is 6.81. The van der Waals surface area contributed by atoms with Crippen molar-refractivity contribution < 1.29 is 19.0 Å². The molecule has 1 saturated heterocycles. The third-order valence-electron chi connectivity index (χ3n) is 2.59. The Bertz CT molecular complexity index is 394. The predicted octanol–water partition coefficient (Wildman–Crippen LogP) is 3.34. The lowest BCUT2D eigenvalue weighted by atomic mass is 10.2. The van der Waals surface area contributed by atoms with Crippen LogP contribution in [0.25, 0.3) is 6.08 Å². The van der Waals surface area contributed by atoms with Gasteiger partial charge in [0.15, 0.2) is 0 Å². The first-order chi connectivity index (χ1) is 8.84. The van der Waals surface area contributed by atoms with Crippen molar-refractivity contribution in [1.29, 1.82) is 0 Å². The van der Waals surface area contributed by atoms with E-state index >= 15 is 0 Å². The van der Waals surface area contributed by atoms with Gasteiger partial charge in [-0.2, -0.15) is 0 Å². The Kier molecular flexibility index (Phi) is 4.78. The van der Waals surface area contributed by atoms with Crippen LogP contribution < -0.4 is 0 Å². The van der Waals surface area contributed by atoms with Gasteiger partial charge in [-0.15, -0.1) is 0 Å². The van der Waals surface area contributed by atoms with E-state index in [0.717, 1.165) is 24.8 Å². The fourth-order valence-corrected chi connectivity index (χ4v) is 1.67. The van der Waals surface area contributed by atoms with E-state index in [1.165, 1.54) is 6.26 Å². The molecule has 1 aromatic rings. The predicted molar refractivity (Wildman–Crippen MR) is 66.6 cm³/mol. The summed E-state index contributed by atoms with van der Waals surface area (Å²) < 4.78 is 15.1. The van der Waals surface area contributed by atoms with Crippen molar-refractivity contribution in [2.24, 2.45) is 0 Å². The third kappa shape index (κ3) is 4.22. The largest absolute Gasteiger partial charge is 0.515 e. The van der Waals surface area contributed by atoms with Crippen LogP contribution in [0.2, 0.25) is 0 Å². The van der Waals surface area contributed by atoms with Crippen LogP contribution in [0.3, 0.4) is 0 Å². The maximum Gasteiger partial charge on any atom is 0.515 e. The first-order valence-corrected chi connectivity index (χ1v) is 6.05. The summed E-state index contributed by atoms with van der Waals surface area (Å²) in [5.74, 6) is 0. The van der Waals surface area contributed by atoms with Crippen molar-refractivity contribution >= 4 is 12.2 Å². The van der Waals surface area contributed by atoms with E-state index in [4.69, 9.17) is 14.2 Å². The molecular weight excluding hydrogens is 232 g/mol. The van der Waals surface area contributed by atoms with Crippen LogP contribution in [-0.2, 0) is 14.2 Å². The third-order valence-corrected chi connectivity index (χ3v) is 2.59. The molecule has 0 N–H and O–H groups in total. The van der Waals surface area contributed by atoms with Gasteiger partial charge < -0.3 is 14.2 Å². The molecule has 18 heavy (non-hydrogen) atoms. The van der Waals surface area contributed by atoms with E-state index in [2.05, 4.69) is 0 Å². The van der Waals surface area contributed by atoms with E-state index in [-0.39, 0.29) is 0 Å². The first kappa shape index (κ1) is 12.6. The van der Waals surface area contributed by atoms with Crippen LogP contribution in [0.1, 0.15) is 24.8 Å². The summed E-state index contributed by atoms with van der Waals surface area (Å²) >= 11 is 0. The molecule has 1 aliphatic rings. The molecule has 0 bridgehead atoms. The van der Waals surface area contributed by atoms with Crippen LogP contribution in [0, 0.1) is 0 Å². The highest BCUT2D eigenvalue weighted by molar-refractivity contribution is 5.62. The maximum atomic E-state index is 11.3. The summed E-state index contributed by atoms with van der Waals surface area (Å²) in [6, 6.07) is 9.57. The summed E-state index contributed by atoms with van der Waals surface area (Å²) in [6.45, 7) is 0.637. The zero-order valence-electron chi connectivity index (χ0n) is 10.1. The topological polar surface area (TPSA) is 44.8 Å². The number of carbonyl (C=O) groups is 1. The Morgan fingerprint density at radius 3 is 2.83 bits per heavy atom. The van der Waals surface area contributed by atoms with Crippen molar-refractivity contribution in [1.82, 2.24) is 0 Å². The highest BCUT2D eigenvalue weighted by Crippen LogP contribution is 2.14. The van der Waals surface area contributed by atoms with Gasteiger partial charge in [0.05, 0.1) is 12.9 Å². The van der Waals surface area contributed by atoms with E-state index in [1.54, 1.807) is 6.08 Å². The van der Waals surface area contributed by atoms with Gasteiger partial charge in [0, 0.05) is 6.42 Å². The van der Waals surface area contributed by atoms with Crippen molar-refractivity contribution in [2.45, 2.75) is 25.6 Å². The van der Waals surface area contributed by atoms with Crippen molar-refractivity contribution in [3.63, 3.8) is 0 Å². The Balaban J connectivity index is 1.72. The Labute approximate surface area is 106 Å².